The van der Waals surface area contributed by atoms with E-state index in [4.69, 9.17) is 39.5 Å². The molecule has 200 valence electrons. The minimum atomic E-state index is -0.826. The highest BCUT2D eigenvalue weighted by molar-refractivity contribution is 6.32. The number of nitrogens with zero attached hydrogens (tertiary/aromatic N) is 1. The predicted molar refractivity (Wildman–Crippen MR) is 156 cm³/mol. The number of hydrogen-bond acceptors (Lipinski definition) is 3. The molecule has 4 aromatic rings. The second-order valence-corrected chi connectivity index (χ2v) is 10.1. The van der Waals surface area contributed by atoms with Gasteiger partial charge in [0, 0.05) is 29.6 Å². The van der Waals surface area contributed by atoms with Crippen molar-refractivity contribution in [3.05, 3.63) is 135 Å². The molecular formula is C31H27Cl3N2O3. The number of carbonyl (C=O) groups excluding carboxylic acids is 2. The SMILES string of the molecule is O=C(NCc1ccccc1Cl)C(Cc1ccccc1)N(Cc1ccc(Cl)cc1)C(=O)COc1ccccc1Cl. The molecule has 0 spiro atoms. The lowest BCUT2D eigenvalue weighted by Crippen LogP contribution is -2.51. The fourth-order valence-corrected chi connectivity index (χ4v) is 4.59. The van der Waals surface area contributed by atoms with E-state index < -0.39 is 6.04 Å². The molecule has 1 atom stereocenters. The average molecular weight is 582 g/mol. The Morgan fingerprint density at radius 3 is 2.08 bits per heavy atom. The summed E-state index contributed by atoms with van der Waals surface area (Å²) < 4.78 is 5.77. The molecule has 0 saturated carbocycles. The molecule has 0 aliphatic rings. The van der Waals surface area contributed by atoms with Crippen LogP contribution >= 0.6 is 34.8 Å². The summed E-state index contributed by atoms with van der Waals surface area (Å²) in [5, 5.41) is 4.50. The van der Waals surface area contributed by atoms with Crippen molar-refractivity contribution in [2.24, 2.45) is 0 Å². The molecule has 0 heterocycles. The standard InChI is InChI=1S/C31H27Cl3N2O3/c32-25-16-14-23(15-17-25)20-36(30(37)21-39-29-13-7-6-12-27(29)34)28(18-22-8-2-1-3-9-22)31(38)35-19-24-10-4-5-11-26(24)33/h1-17,28H,18-21H2,(H,35,38). The summed E-state index contributed by atoms with van der Waals surface area (Å²) in [5.41, 5.74) is 2.52. The molecule has 0 radical (unpaired) electrons. The Labute approximate surface area is 243 Å². The lowest BCUT2D eigenvalue weighted by Gasteiger charge is -2.31. The molecule has 5 nitrogen and oxygen atoms in total. The molecule has 0 aliphatic carbocycles. The van der Waals surface area contributed by atoms with Crippen molar-refractivity contribution in [2.75, 3.05) is 6.61 Å². The molecule has 0 fully saturated rings. The fourth-order valence-electron chi connectivity index (χ4n) is 4.07. The van der Waals surface area contributed by atoms with Crippen molar-refractivity contribution < 1.29 is 14.3 Å². The summed E-state index contributed by atoms with van der Waals surface area (Å²) in [6, 6.07) is 30.2. The molecule has 1 unspecified atom stereocenters. The summed E-state index contributed by atoms with van der Waals surface area (Å²) in [4.78, 5) is 29.0. The van der Waals surface area contributed by atoms with Crippen molar-refractivity contribution in [2.45, 2.75) is 25.6 Å². The van der Waals surface area contributed by atoms with E-state index in [1.54, 1.807) is 42.5 Å². The first-order valence-corrected chi connectivity index (χ1v) is 13.5. The van der Waals surface area contributed by atoms with Crippen LogP contribution in [0.15, 0.2) is 103 Å². The van der Waals surface area contributed by atoms with Crippen LogP contribution in [0, 0.1) is 0 Å². The van der Waals surface area contributed by atoms with Crippen LogP contribution in [-0.2, 0) is 29.1 Å². The van der Waals surface area contributed by atoms with Crippen LogP contribution in [0.1, 0.15) is 16.7 Å². The number of amides is 2. The van der Waals surface area contributed by atoms with E-state index in [2.05, 4.69) is 5.32 Å². The van der Waals surface area contributed by atoms with Crippen molar-refractivity contribution >= 4 is 46.6 Å². The minimum Gasteiger partial charge on any atom is -0.482 e. The number of nitrogens with one attached hydrogen (secondary N) is 1. The Balaban J connectivity index is 1.62. The molecule has 39 heavy (non-hydrogen) atoms. The molecule has 0 aliphatic heterocycles. The predicted octanol–water partition coefficient (Wildman–Crippen LogP) is 6.98. The number of halogens is 3. The zero-order valence-electron chi connectivity index (χ0n) is 21.0. The number of benzene rings is 4. The van der Waals surface area contributed by atoms with Gasteiger partial charge < -0.3 is 15.0 Å². The third-order valence-corrected chi connectivity index (χ3v) is 7.07. The summed E-state index contributed by atoms with van der Waals surface area (Å²) >= 11 is 18.6. The van der Waals surface area contributed by atoms with Crippen LogP contribution in [-0.4, -0.2) is 29.4 Å². The molecule has 0 aromatic heterocycles. The lowest BCUT2D eigenvalue weighted by atomic mass is 10.0. The van der Waals surface area contributed by atoms with Gasteiger partial charge in [0.2, 0.25) is 5.91 Å². The van der Waals surface area contributed by atoms with E-state index in [1.807, 2.05) is 60.7 Å². The van der Waals surface area contributed by atoms with Crippen molar-refractivity contribution in [3.8, 4) is 5.75 Å². The quantitative estimate of drug-likeness (QED) is 0.208. The Morgan fingerprint density at radius 2 is 1.38 bits per heavy atom. The highest BCUT2D eigenvalue weighted by Crippen LogP contribution is 2.24. The first-order valence-electron chi connectivity index (χ1n) is 12.4. The molecule has 4 rings (SSSR count). The Morgan fingerprint density at radius 1 is 0.744 bits per heavy atom. The summed E-state index contributed by atoms with van der Waals surface area (Å²) in [7, 11) is 0. The average Bonchev–Trinajstić information content (AvgIpc) is 2.95. The van der Waals surface area contributed by atoms with Gasteiger partial charge in [-0.25, -0.2) is 0 Å². The number of carbonyl (C=O) groups is 2. The van der Waals surface area contributed by atoms with Crippen LogP contribution < -0.4 is 10.1 Å². The number of hydrogen-bond donors (Lipinski definition) is 1. The summed E-state index contributed by atoms with van der Waals surface area (Å²) in [5.74, 6) is -0.278. The van der Waals surface area contributed by atoms with E-state index in [0.29, 0.717) is 27.2 Å². The van der Waals surface area contributed by atoms with Gasteiger partial charge in [0.25, 0.3) is 5.91 Å². The smallest absolute Gasteiger partial charge is 0.261 e. The van der Waals surface area contributed by atoms with Crippen LogP contribution in [0.2, 0.25) is 15.1 Å². The Kier molecular flexibility index (Phi) is 10.3. The summed E-state index contributed by atoms with van der Waals surface area (Å²) in [6.07, 6.45) is 0.306. The molecule has 0 bridgehead atoms. The molecular weight excluding hydrogens is 555 g/mol. The largest absolute Gasteiger partial charge is 0.482 e. The van der Waals surface area contributed by atoms with Crippen molar-refractivity contribution in [1.82, 2.24) is 10.2 Å². The summed E-state index contributed by atoms with van der Waals surface area (Å²) in [6.45, 7) is 0.113. The van der Waals surface area contributed by atoms with Gasteiger partial charge in [-0.2, -0.15) is 0 Å². The van der Waals surface area contributed by atoms with Gasteiger partial charge in [-0.3, -0.25) is 9.59 Å². The second-order valence-electron chi connectivity index (χ2n) is 8.88. The van der Waals surface area contributed by atoms with Gasteiger partial charge in [-0.15, -0.1) is 0 Å². The zero-order chi connectivity index (χ0) is 27.6. The number of rotatable bonds is 11. The Hall–Kier alpha value is -3.51. The molecule has 0 saturated heterocycles. The first kappa shape index (κ1) is 28.5. The van der Waals surface area contributed by atoms with E-state index in [9.17, 15) is 9.59 Å². The van der Waals surface area contributed by atoms with Crippen LogP contribution in [0.25, 0.3) is 0 Å². The number of para-hydroxylation sites is 1. The van der Waals surface area contributed by atoms with Gasteiger partial charge in [0.05, 0.1) is 5.02 Å². The maximum atomic E-state index is 13.7. The maximum absolute atomic E-state index is 13.7. The molecule has 4 aromatic carbocycles. The van der Waals surface area contributed by atoms with Gasteiger partial charge in [0.1, 0.15) is 11.8 Å². The monoisotopic (exact) mass is 580 g/mol. The number of ether oxygens (including phenoxy) is 1. The zero-order valence-corrected chi connectivity index (χ0v) is 23.3. The van der Waals surface area contributed by atoms with Crippen LogP contribution in [0.3, 0.4) is 0 Å². The lowest BCUT2D eigenvalue weighted by molar-refractivity contribution is -0.142. The topological polar surface area (TPSA) is 58.6 Å². The Bertz CT molecular complexity index is 1400. The van der Waals surface area contributed by atoms with Crippen molar-refractivity contribution in [3.63, 3.8) is 0 Å². The van der Waals surface area contributed by atoms with Gasteiger partial charge in [-0.05, 0) is 47.0 Å². The fraction of sp³-hybridized carbons (Fsp3) is 0.161. The van der Waals surface area contributed by atoms with E-state index in [1.165, 1.54) is 4.90 Å². The van der Waals surface area contributed by atoms with Crippen LogP contribution in [0.4, 0.5) is 0 Å². The van der Waals surface area contributed by atoms with Gasteiger partial charge in [-0.1, -0.05) is 108 Å². The highest BCUT2D eigenvalue weighted by atomic mass is 35.5. The normalized spacial score (nSPS) is 11.5. The van der Waals surface area contributed by atoms with E-state index in [-0.39, 0.29) is 31.5 Å². The van der Waals surface area contributed by atoms with Crippen LogP contribution in [0.5, 0.6) is 5.75 Å². The van der Waals surface area contributed by atoms with Crippen molar-refractivity contribution in [1.29, 1.82) is 0 Å². The molecule has 2 amide bonds. The van der Waals surface area contributed by atoms with Gasteiger partial charge in [0.15, 0.2) is 6.61 Å². The third kappa shape index (κ3) is 8.24. The first-order chi connectivity index (χ1) is 18.9. The minimum absolute atomic E-state index is 0.179. The molecule has 1 N–H and O–H groups in total. The highest BCUT2D eigenvalue weighted by Gasteiger charge is 2.31. The van der Waals surface area contributed by atoms with E-state index >= 15 is 0 Å². The molecule has 8 heteroatoms. The second kappa shape index (κ2) is 14.0. The van der Waals surface area contributed by atoms with Gasteiger partial charge >= 0.3 is 0 Å². The third-order valence-electron chi connectivity index (χ3n) is 6.14. The van der Waals surface area contributed by atoms with E-state index in [0.717, 1.165) is 16.7 Å². The maximum Gasteiger partial charge on any atom is 0.261 e.